The minimum atomic E-state index is -0.517. The summed E-state index contributed by atoms with van der Waals surface area (Å²) in [6.45, 7) is 9.26. The van der Waals surface area contributed by atoms with Crippen LogP contribution in [0.3, 0.4) is 0 Å². The van der Waals surface area contributed by atoms with E-state index in [0.29, 0.717) is 19.0 Å². The first-order chi connectivity index (χ1) is 12.2. The monoisotopic (exact) mass is 493 g/mol. The van der Waals surface area contributed by atoms with Gasteiger partial charge in [0.2, 0.25) is 0 Å². The molecule has 0 saturated carbocycles. The Bertz CT molecular complexity index is 626. The fourth-order valence-corrected chi connectivity index (χ4v) is 2.59. The lowest BCUT2D eigenvalue weighted by Crippen LogP contribution is -2.51. The van der Waals surface area contributed by atoms with Crippen LogP contribution in [0.1, 0.15) is 20.8 Å². The van der Waals surface area contributed by atoms with E-state index < -0.39 is 11.7 Å². The number of nitrogens with zero attached hydrogens (tertiary/aromatic N) is 3. The number of anilines is 1. The second-order valence-electron chi connectivity index (χ2n) is 7.12. The molecule has 0 radical (unpaired) electrons. The van der Waals surface area contributed by atoms with E-state index in [1.807, 2.05) is 25.7 Å². The van der Waals surface area contributed by atoms with Gasteiger partial charge >= 0.3 is 6.09 Å². The number of benzene rings is 1. The third-order valence-corrected chi connectivity index (χ3v) is 3.85. The largest absolute Gasteiger partial charge is 0.444 e. The first kappa shape index (κ1) is 23.3. The molecule has 0 spiro atoms. The van der Waals surface area contributed by atoms with Crippen LogP contribution in [0.25, 0.3) is 0 Å². The predicted molar refractivity (Wildman–Crippen MR) is 116 cm³/mol. The molecular weight excluding hydrogens is 464 g/mol. The SMILES string of the molecule is CC(C)(C)OC(=O)NCCN=C(N)N1CCN(c2ccc(F)cc2)CC1.I. The first-order valence-corrected chi connectivity index (χ1v) is 8.77. The summed E-state index contributed by atoms with van der Waals surface area (Å²) in [5.74, 6) is 0.235. The Morgan fingerprint density at radius 3 is 2.37 bits per heavy atom. The normalized spacial score (nSPS) is 15.2. The summed E-state index contributed by atoms with van der Waals surface area (Å²) in [5, 5.41) is 2.65. The van der Waals surface area contributed by atoms with Gasteiger partial charge in [0.15, 0.2) is 5.96 Å². The van der Waals surface area contributed by atoms with Gasteiger partial charge in [0.05, 0.1) is 6.54 Å². The van der Waals surface area contributed by atoms with Crippen molar-refractivity contribution < 1.29 is 13.9 Å². The van der Waals surface area contributed by atoms with Crippen LogP contribution in [0, 0.1) is 5.82 Å². The lowest BCUT2D eigenvalue weighted by Gasteiger charge is -2.36. The average Bonchev–Trinajstić information content (AvgIpc) is 2.58. The summed E-state index contributed by atoms with van der Waals surface area (Å²) >= 11 is 0. The van der Waals surface area contributed by atoms with E-state index in [9.17, 15) is 9.18 Å². The van der Waals surface area contributed by atoms with Crippen LogP contribution in [0.5, 0.6) is 0 Å². The van der Waals surface area contributed by atoms with Crippen molar-refractivity contribution in [2.45, 2.75) is 26.4 Å². The second-order valence-corrected chi connectivity index (χ2v) is 7.12. The van der Waals surface area contributed by atoms with Gasteiger partial charge in [-0.15, -0.1) is 24.0 Å². The van der Waals surface area contributed by atoms with Crippen LogP contribution < -0.4 is 16.0 Å². The topological polar surface area (TPSA) is 83.2 Å². The van der Waals surface area contributed by atoms with Gasteiger partial charge in [-0.3, -0.25) is 4.99 Å². The van der Waals surface area contributed by atoms with Gasteiger partial charge in [-0.1, -0.05) is 0 Å². The van der Waals surface area contributed by atoms with Gasteiger partial charge in [0, 0.05) is 38.4 Å². The standard InChI is InChI=1S/C18H28FN5O2.HI/c1-18(2,3)26-17(25)22-9-8-21-16(20)24-12-10-23(11-13-24)15-6-4-14(19)5-7-15;/h4-7H,8-13H2,1-3H3,(H2,20,21)(H,22,25);1H. The number of rotatable bonds is 4. The number of aliphatic imine (C=N–C) groups is 1. The Balaban J connectivity index is 0.00000364. The summed E-state index contributed by atoms with van der Waals surface area (Å²) in [4.78, 5) is 20.0. The molecule has 1 aromatic carbocycles. The number of nitrogens with one attached hydrogen (secondary N) is 1. The lowest BCUT2D eigenvalue weighted by atomic mass is 10.2. The summed E-state index contributed by atoms with van der Waals surface area (Å²) < 4.78 is 18.2. The first-order valence-electron chi connectivity index (χ1n) is 8.77. The molecule has 1 amide bonds. The van der Waals surface area contributed by atoms with Crippen molar-refractivity contribution >= 4 is 41.7 Å². The van der Waals surface area contributed by atoms with Crippen LogP contribution in [-0.2, 0) is 4.74 Å². The molecule has 1 heterocycles. The van der Waals surface area contributed by atoms with Crippen molar-refractivity contribution in [3.63, 3.8) is 0 Å². The molecule has 7 nitrogen and oxygen atoms in total. The van der Waals surface area contributed by atoms with Crippen molar-refractivity contribution in [2.24, 2.45) is 10.7 Å². The van der Waals surface area contributed by atoms with Crippen LogP contribution in [0.15, 0.2) is 29.3 Å². The summed E-state index contributed by atoms with van der Waals surface area (Å²) in [6.07, 6.45) is -0.459. The fourth-order valence-electron chi connectivity index (χ4n) is 2.59. The molecule has 1 aliphatic heterocycles. The van der Waals surface area contributed by atoms with Gasteiger partial charge in [-0.25, -0.2) is 9.18 Å². The zero-order valence-electron chi connectivity index (χ0n) is 16.1. The molecule has 0 unspecified atom stereocenters. The third kappa shape index (κ3) is 8.19. The molecule has 1 aliphatic rings. The number of halogens is 2. The fraction of sp³-hybridized carbons (Fsp3) is 0.556. The Morgan fingerprint density at radius 2 is 1.81 bits per heavy atom. The lowest BCUT2D eigenvalue weighted by molar-refractivity contribution is 0.0529. The minimum absolute atomic E-state index is 0. The summed E-state index contributed by atoms with van der Waals surface area (Å²) in [6, 6.07) is 6.50. The van der Waals surface area contributed by atoms with Gasteiger partial charge < -0.3 is 25.6 Å². The van der Waals surface area contributed by atoms with E-state index in [4.69, 9.17) is 10.5 Å². The van der Waals surface area contributed by atoms with Gasteiger partial charge in [-0.05, 0) is 45.0 Å². The molecule has 1 fully saturated rings. The van der Waals surface area contributed by atoms with Crippen molar-refractivity contribution in [3.8, 4) is 0 Å². The average molecular weight is 493 g/mol. The van der Waals surface area contributed by atoms with Gasteiger partial charge in [0.25, 0.3) is 0 Å². The quantitative estimate of drug-likeness (QED) is 0.292. The molecule has 3 N–H and O–H groups in total. The molecule has 0 aromatic heterocycles. The molecule has 2 rings (SSSR count). The molecule has 9 heteroatoms. The molecule has 0 bridgehead atoms. The maximum atomic E-state index is 13.0. The van der Waals surface area contributed by atoms with Crippen LogP contribution in [0.2, 0.25) is 0 Å². The highest BCUT2D eigenvalue weighted by Crippen LogP contribution is 2.16. The molecule has 1 aromatic rings. The van der Waals surface area contributed by atoms with E-state index in [2.05, 4.69) is 15.2 Å². The molecule has 152 valence electrons. The number of nitrogens with two attached hydrogens (primary N) is 1. The Hall–Kier alpha value is -1.78. The number of hydrogen-bond donors (Lipinski definition) is 2. The van der Waals surface area contributed by atoms with E-state index >= 15 is 0 Å². The summed E-state index contributed by atoms with van der Waals surface area (Å²) in [7, 11) is 0. The highest BCUT2D eigenvalue weighted by atomic mass is 127. The number of alkyl carbamates (subject to hydrolysis) is 1. The number of guanidine groups is 1. The van der Waals surface area contributed by atoms with Crippen molar-refractivity contribution in [1.29, 1.82) is 0 Å². The van der Waals surface area contributed by atoms with Crippen LogP contribution in [0.4, 0.5) is 14.9 Å². The van der Waals surface area contributed by atoms with Gasteiger partial charge in [-0.2, -0.15) is 0 Å². The van der Waals surface area contributed by atoms with Gasteiger partial charge in [0.1, 0.15) is 11.4 Å². The van der Waals surface area contributed by atoms with Crippen molar-refractivity contribution in [3.05, 3.63) is 30.1 Å². The zero-order chi connectivity index (χ0) is 19.2. The van der Waals surface area contributed by atoms with Crippen LogP contribution >= 0.6 is 24.0 Å². The third-order valence-electron chi connectivity index (χ3n) is 3.85. The smallest absolute Gasteiger partial charge is 0.407 e. The predicted octanol–water partition coefficient (Wildman–Crippen LogP) is 2.41. The number of hydrogen-bond acceptors (Lipinski definition) is 4. The minimum Gasteiger partial charge on any atom is -0.444 e. The van der Waals surface area contributed by atoms with E-state index in [0.717, 1.165) is 31.9 Å². The van der Waals surface area contributed by atoms with E-state index in [-0.39, 0.29) is 29.8 Å². The number of amides is 1. The van der Waals surface area contributed by atoms with E-state index in [1.165, 1.54) is 12.1 Å². The van der Waals surface area contributed by atoms with Crippen molar-refractivity contribution in [2.75, 3.05) is 44.2 Å². The molecular formula is C18H29FIN5O2. The molecule has 1 saturated heterocycles. The Morgan fingerprint density at radius 1 is 1.22 bits per heavy atom. The Kier molecular flexibility index (Phi) is 9.07. The number of carbonyl (C=O) groups is 1. The second kappa shape index (κ2) is 10.5. The van der Waals surface area contributed by atoms with E-state index in [1.54, 1.807) is 12.1 Å². The van der Waals surface area contributed by atoms with Crippen molar-refractivity contribution in [1.82, 2.24) is 10.2 Å². The zero-order valence-corrected chi connectivity index (χ0v) is 18.4. The number of carbonyl (C=O) groups excluding carboxylic acids is 1. The number of ether oxygens (including phenoxy) is 1. The maximum absolute atomic E-state index is 13.0. The number of piperazine rings is 1. The molecule has 0 aliphatic carbocycles. The molecule has 0 atom stereocenters. The highest BCUT2D eigenvalue weighted by molar-refractivity contribution is 14.0. The summed E-state index contributed by atoms with van der Waals surface area (Å²) in [5.41, 5.74) is 6.52. The maximum Gasteiger partial charge on any atom is 0.407 e. The molecule has 27 heavy (non-hydrogen) atoms. The Labute approximate surface area is 177 Å². The van der Waals surface area contributed by atoms with Crippen LogP contribution in [-0.4, -0.2) is 61.8 Å². The highest BCUT2D eigenvalue weighted by Gasteiger charge is 2.19.